The molecule has 1 unspecified atom stereocenters. The molecule has 154 valence electrons. The Morgan fingerprint density at radius 1 is 1.14 bits per heavy atom. The summed E-state index contributed by atoms with van der Waals surface area (Å²) in [6.45, 7) is 7.71. The molecule has 29 heavy (non-hydrogen) atoms. The summed E-state index contributed by atoms with van der Waals surface area (Å²) in [6.07, 6.45) is 0. The maximum atomic E-state index is 13.0. The van der Waals surface area contributed by atoms with Crippen LogP contribution >= 0.6 is 23.5 Å². The molecule has 2 aromatic carbocycles. The van der Waals surface area contributed by atoms with Gasteiger partial charge < -0.3 is 5.32 Å². The van der Waals surface area contributed by atoms with Gasteiger partial charge in [0.2, 0.25) is 0 Å². The maximum Gasteiger partial charge on any atom is 0.251 e. The van der Waals surface area contributed by atoms with Crippen molar-refractivity contribution in [2.24, 2.45) is 4.99 Å². The summed E-state index contributed by atoms with van der Waals surface area (Å²) < 4.78 is 1.13. The normalized spacial score (nSPS) is 14.7. The van der Waals surface area contributed by atoms with Gasteiger partial charge in [0, 0.05) is 23.6 Å². The van der Waals surface area contributed by atoms with Gasteiger partial charge in [0.15, 0.2) is 0 Å². The minimum Gasteiger partial charge on any atom is -0.350 e. The molecule has 0 fully saturated rings. The molecule has 0 spiro atoms. The van der Waals surface area contributed by atoms with Crippen LogP contribution in [0.15, 0.2) is 59.6 Å². The first-order chi connectivity index (χ1) is 14.2. The van der Waals surface area contributed by atoms with Gasteiger partial charge in [0.1, 0.15) is 4.38 Å². The highest BCUT2D eigenvalue weighted by Crippen LogP contribution is 2.26. The lowest BCUT2D eigenvalue weighted by molar-refractivity contribution is 0.0934. The van der Waals surface area contributed by atoms with Gasteiger partial charge in [-0.05, 0) is 30.3 Å². The number of benzene rings is 2. The predicted molar refractivity (Wildman–Crippen MR) is 127 cm³/mol. The molecule has 1 aliphatic heterocycles. The summed E-state index contributed by atoms with van der Waals surface area (Å²) in [5.41, 5.74) is 3.05. The van der Waals surface area contributed by atoms with Gasteiger partial charge in [-0.3, -0.25) is 14.7 Å². The lowest BCUT2D eigenvalue weighted by Gasteiger charge is -2.30. The highest BCUT2D eigenvalue weighted by molar-refractivity contribution is 8.38. The summed E-state index contributed by atoms with van der Waals surface area (Å²) in [5.74, 6) is 1.83. The number of nitrogens with zero attached hydrogens (tertiary/aromatic N) is 2. The monoisotopic (exact) mass is 427 g/mol. The molecular weight excluding hydrogens is 398 g/mol. The number of carbonyl (C=O) groups excluding carboxylic acids is 1. The van der Waals surface area contributed by atoms with E-state index in [1.54, 1.807) is 23.5 Å². The van der Waals surface area contributed by atoms with E-state index in [0.29, 0.717) is 6.54 Å². The molecule has 1 amide bonds. The lowest BCUT2D eigenvalue weighted by atomic mass is 10.0. The van der Waals surface area contributed by atoms with E-state index >= 15 is 0 Å². The molecule has 4 nitrogen and oxygen atoms in total. The zero-order valence-electron chi connectivity index (χ0n) is 17.1. The lowest BCUT2D eigenvalue weighted by Crippen LogP contribution is -2.38. The van der Waals surface area contributed by atoms with Gasteiger partial charge >= 0.3 is 0 Å². The molecule has 1 N–H and O–H groups in total. The average molecular weight is 428 g/mol. The molecule has 0 saturated carbocycles. The minimum absolute atomic E-state index is 0.00435. The SMILES string of the molecule is CCN(CC)C(CNC(=O)c1ccccc1CSC1=NCCS1)c1ccccc1. The van der Waals surface area contributed by atoms with E-state index < -0.39 is 0 Å². The van der Waals surface area contributed by atoms with Gasteiger partial charge in [-0.2, -0.15) is 0 Å². The fraction of sp³-hybridized carbons (Fsp3) is 0.391. The molecule has 1 heterocycles. The Morgan fingerprint density at radius 2 is 1.86 bits per heavy atom. The fourth-order valence-electron chi connectivity index (χ4n) is 3.49. The Bertz CT molecular complexity index is 822. The molecule has 6 heteroatoms. The van der Waals surface area contributed by atoms with Crippen LogP contribution in [0.4, 0.5) is 0 Å². The minimum atomic E-state index is -0.00435. The first-order valence-electron chi connectivity index (χ1n) is 10.2. The fourth-order valence-corrected chi connectivity index (χ4v) is 5.51. The number of nitrogens with one attached hydrogen (secondary N) is 1. The second kappa shape index (κ2) is 11.4. The highest BCUT2D eigenvalue weighted by Gasteiger charge is 2.20. The van der Waals surface area contributed by atoms with E-state index in [0.717, 1.165) is 46.6 Å². The molecular formula is C23H29N3OS2. The van der Waals surface area contributed by atoms with Crippen molar-refractivity contribution in [3.63, 3.8) is 0 Å². The summed E-state index contributed by atoms with van der Waals surface area (Å²) in [6, 6.07) is 18.5. The number of aliphatic imine (C=N–C) groups is 1. The number of amides is 1. The quantitative estimate of drug-likeness (QED) is 0.622. The molecule has 1 atom stereocenters. The van der Waals surface area contributed by atoms with Crippen LogP contribution in [0.3, 0.4) is 0 Å². The number of hydrogen-bond acceptors (Lipinski definition) is 5. The first-order valence-corrected chi connectivity index (χ1v) is 12.1. The third-order valence-electron chi connectivity index (χ3n) is 5.06. The molecule has 2 aromatic rings. The van der Waals surface area contributed by atoms with E-state index in [2.05, 4.69) is 53.3 Å². The predicted octanol–water partition coefficient (Wildman–Crippen LogP) is 4.84. The third-order valence-corrected chi connectivity index (χ3v) is 7.37. The van der Waals surface area contributed by atoms with Gasteiger partial charge in [0.05, 0.1) is 12.6 Å². The Labute approximate surface area is 182 Å². The van der Waals surface area contributed by atoms with Crippen LogP contribution in [0.5, 0.6) is 0 Å². The number of likely N-dealkylation sites (N-methyl/N-ethyl adjacent to an activating group) is 1. The van der Waals surface area contributed by atoms with Gasteiger partial charge in [-0.1, -0.05) is 85.9 Å². The summed E-state index contributed by atoms with van der Waals surface area (Å²) in [5, 5.41) is 3.19. The van der Waals surface area contributed by atoms with Crippen LogP contribution < -0.4 is 5.32 Å². The second-order valence-electron chi connectivity index (χ2n) is 6.80. The maximum absolute atomic E-state index is 13.0. The van der Waals surface area contributed by atoms with E-state index in [4.69, 9.17) is 0 Å². The molecule has 0 aliphatic carbocycles. The Hall–Kier alpha value is -1.76. The smallest absolute Gasteiger partial charge is 0.251 e. The van der Waals surface area contributed by atoms with Crippen LogP contribution in [0.25, 0.3) is 0 Å². The number of hydrogen-bond donors (Lipinski definition) is 1. The molecule has 0 bridgehead atoms. The average Bonchev–Trinajstić information content (AvgIpc) is 3.29. The summed E-state index contributed by atoms with van der Waals surface area (Å²) >= 11 is 3.53. The van der Waals surface area contributed by atoms with E-state index in [1.807, 2.05) is 30.3 Å². The Balaban J connectivity index is 1.68. The molecule has 0 aromatic heterocycles. The van der Waals surface area contributed by atoms with Crippen molar-refractivity contribution in [3.8, 4) is 0 Å². The van der Waals surface area contributed by atoms with E-state index in [-0.39, 0.29) is 11.9 Å². The van der Waals surface area contributed by atoms with Crippen LogP contribution in [-0.4, -0.2) is 47.1 Å². The van der Waals surface area contributed by atoms with Crippen molar-refractivity contribution in [1.82, 2.24) is 10.2 Å². The van der Waals surface area contributed by atoms with Gasteiger partial charge in [0.25, 0.3) is 5.91 Å². The van der Waals surface area contributed by atoms with Crippen LogP contribution in [0.1, 0.15) is 41.4 Å². The Kier molecular flexibility index (Phi) is 8.65. The number of rotatable bonds is 9. The Morgan fingerprint density at radius 3 is 2.55 bits per heavy atom. The summed E-state index contributed by atoms with van der Waals surface area (Å²) in [7, 11) is 0. The van der Waals surface area contributed by atoms with Crippen LogP contribution in [0.2, 0.25) is 0 Å². The second-order valence-corrected chi connectivity index (χ2v) is 9.11. The topological polar surface area (TPSA) is 44.7 Å². The molecule has 0 radical (unpaired) electrons. The largest absolute Gasteiger partial charge is 0.350 e. The number of thioether (sulfide) groups is 2. The van der Waals surface area contributed by atoms with Crippen LogP contribution in [0, 0.1) is 0 Å². The van der Waals surface area contributed by atoms with Gasteiger partial charge in [-0.15, -0.1) is 0 Å². The van der Waals surface area contributed by atoms with Crippen molar-refractivity contribution < 1.29 is 4.79 Å². The molecule has 3 rings (SSSR count). The summed E-state index contributed by atoms with van der Waals surface area (Å²) in [4.78, 5) is 19.9. The highest BCUT2D eigenvalue weighted by atomic mass is 32.2. The molecule has 1 aliphatic rings. The van der Waals surface area contributed by atoms with Gasteiger partial charge in [-0.25, -0.2) is 0 Å². The van der Waals surface area contributed by atoms with Crippen LogP contribution in [-0.2, 0) is 5.75 Å². The number of carbonyl (C=O) groups is 1. The zero-order valence-corrected chi connectivity index (χ0v) is 18.8. The van der Waals surface area contributed by atoms with Crippen molar-refractivity contribution in [1.29, 1.82) is 0 Å². The van der Waals surface area contributed by atoms with E-state index in [9.17, 15) is 4.79 Å². The third kappa shape index (κ3) is 6.11. The van der Waals surface area contributed by atoms with Crippen molar-refractivity contribution >= 4 is 33.8 Å². The van der Waals surface area contributed by atoms with Crippen molar-refractivity contribution in [2.75, 3.05) is 31.9 Å². The van der Waals surface area contributed by atoms with Crippen molar-refractivity contribution in [2.45, 2.75) is 25.6 Å². The first kappa shape index (κ1) is 21.9. The standard InChI is InChI=1S/C23H29N3OS2/c1-3-26(4-2)21(18-10-6-5-7-11-18)16-25-22(27)20-13-9-8-12-19(20)17-29-23-24-14-15-28-23/h5-13,21H,3-4,14-17H2,1-2H3,(H,25,27). The van der Waals surface area contributed by atoms with Crippen molar-refractivity contribution in [3.05, 3.63) is 71.3 Å². The van der Waals surface area contributed by atoms with E-state index in [1.165, 1.54) is 5.56 Å². The zero-order chi connectivity index (χ0) is 20.5. The molecule has 0 saturated heterocycles.